The molecule has 1 saturated carbocycles. The van der Waals surface area contributed by atoms with Crippen molar-refractivity contribution in [2.75, 3.05) is 13.1 Å². The summed E-state index contributed by atoms with van der Waals surface area (Å²) in [5.74, 6) is 0.247. The molecule has 21 heavy (non-hydrogen) atoms. The van der Waals surface area contributed by atoms with Gasteiger partial charge in [-0.2, -0.15) is 0 Å². The molecule has 2 aliphatic rings. The molecule has 0 radical (unpaired) electrons. The Morgan fingerprint density at radius 2 is 2.05 bits per heavy atom. The molecule has 1 amide bonds. The molecule has 1 aromatic heterocycles. The molecule has 116 valence electrons. The number of carbonyl (C=O) groups excluding carboxylic acids is 1. The fraction of sp³-hybridized carbons (Fsp3) is 0.667. The lowest BCUT2D eigenvalue weighted by Crippen LogP contribution is -2.35. The Morgan fingerprint density at radius 3 is 2.62 bits per heavy atom. The van der Waals surface area contributed by atoms with E-state index in [0.29, 0.717) is 5.41 Å². The third-order valence-electron chi connectivity index (χ3n) is 4.74. The zero-order valence-electron chi connectivity index (χ0n) is 12.4. The monoisotopic (exact) mass is 293 g/mol. The molecular weight excluding hydrogens is 270 g/mol. The van der Waals surface area contributed by atoms with E-state index in [1.54, 1.807) is 12.5 Å². The molecule has 2 heterocycles. The maximum atomic E-state index is 12.5. The van der Waals surface area contributed by atoms with Gasteiger partial charge in [0.25, 0.3) is 6.47 Å². The average molecular weight is 293 g/mol. The first-order chi connectivity index (χ1) is 10.1. The van der Waals surface area contributed by atoms with Crippen LogP contribution in [0.15, 0.2) is 18.7 Å². The minimum atomic E-state index is -0.250. The van der Waals surface area contributed by atoms with Crippen LogP contribution in [-0.4, -0.2) is 45.0 Å². The normalized spacial score (nSPS) is 20.9. The van der Waals surface area contributed by atoms with Crippen LogP contribution in [0.1, 0.15) is 45.1 Å². The molecule has 1 N–H and O–H groups in total. The number of nitrogens with zero attached hydrogens (tertiary/aromatic N) is 3. The number of aromatic nitrogens is 2. The Kier molecular flexibility index (Phi) is 4.98. The van der Waals surface area contributed by atoms with Crippen LogP contribution in [0.5, 0.6) is 0 Å². The van der Waals surface area contributed by atoms with Crippen molar-refractivity contribution in [2.24, 2.45) is 5.41 Å². The molecule has 1 saturated heterocycles. The van der Waals surface area contributed by atoms with Gasteiger partial charge in [0.05, 0.1) is 6.33 Å². The summed E-state index contributed by atoms with van der Waals surface area (Å²) in [5.41, 5.74) is 0.463. The summed E-state index contributed by atoms with van der Waals surface area (Å²) >= 11 is 0. The minimum absolute atomic E-state index is 0.121. The van der Waals surface area contributed by atoms with Crippen LogP contribution < -0.4 is 0 Å². The highest BCUT2D eigenvalue weighted by Gasteiger charge is 2.42. The lowest BCUT2D eigenvalue weighted by Gasteiger charge is -2.25. The van der Waals surface area contributed by atoms with E-state index in [0.717, 1.165) is 13.1 Å². The predicted octanol–water partition coefficient (Wildman–Crippen LogP) is 1.94. The summed E-state index contributed by atoms with van der Waals surface area (Å²) in [6.07, 6.45) is 11.8. The fourth-order valence-electron chi connectivity index (χ4n) is 3.55. The largest absolute Gasteiger partial charge is 0.483 e. The van der Waals surface area contributed by atoms with Gasteiger partial charge in [0.1, 0.15) is 6.04 Å². The standard InChI is InChI=1S/C14H21N3O.CH2O2/c1-12(17-9-7-15-11-17)13(18)16-8-6-14(10-16)4-2-3-5-14;2-1-3/h7,9,11-12H,2-6,8,10H2,1H3;1H,(H,2,3). The van der Waals surface area contributed by atoms with Crippen molar-refractivity contribution < 1.29 is 14.7 Å². The molecule has 1 aromatic rings. The predicted molar refractivity (Wildman–Crippen MR) is 77.7 cm³/mol. The first-order valence-electron chi connectivity index (χ1n) is 7.46. The van der Waals surface area contributed by atoms with Gasteiger partial charge in [0.15, 0.2) is 0 Å². The minimum Gasteiger partial charge on any atom is -0.483 e. The van der Waals surface area contributed by atoms with Crippen molar-refractivity contribution in [3.63, 3.8) is 0 Å². The highest BCUT2D eigenvalue weighted by Crippen LogP contribution is 2.45. The van der Waals surface area contributed by atoms with Gasteiger partial charge in [0, 0.05) is 25.5 Å². The van der Waals surface area contributed by atoms with E-state index >= 15 is 0 Å². The lowest BCUT2D eigenvalue weighted by atomic mass is 9.86. The van der Waals surface area contributed by atoms with Gasteiger partial charge in [-0.3, -0.25) is 9.59 Å². The summed E-state index contributed by atoms with van der Waals surface area (Å²) in [6.45, 7) is 3.63. The summed E-state index contributed by atoms with van der Waals surface area (Å²) in [7, 11) is 0. The molecule has 0 aromatic carbocycles. The first kappa shape index (κ1) is 15.5. The van der Waals surface area contributed by atoms with E-state index in [2.05, 4.69) is 9.88 Å². The van der Waals surface area contributed by atoms with Gasteiger partial charge < -0.3 is 14.6 Å². The van der Waals surface area contributed by atoms with Crippen LogP contribution in [0.2, 0.25) is 0 Å². The fourth-order valence-corrected chi connectivity index (χ4v) is 3.55. The van der Waals surface area contributed by atoms with Crippen LogP contribution in [0, 0.1) is 5.41 Å². The van der Waals surface area contributed by atoms with E-state index < -0.39 is 0 Å². The van der Waals surface area contributed by atoms with Crippen LogP contribution in [-0.2, 0) is 9.59 Å². The maximum Gasteiger partial charge on any atom is 0.290 e. The quantitative estimate of drug-likeness (QED) is 0.845. The number of hydrogen-bond donors (Lipinski definition) is 1. The van der Waals surface area contributed by atoms with Gasteiger partial charge in [-0.1, -0.05) is 12.8 Å². The summed E-state index contributed by atoms with van der Waals surface area (Å²) < 4.78 is 1.89. The van der Waals surface area contributed by atoms with Gasteiger partial charge in [-0.25, -0.2) is 4.98 Å². The van der Waals surface area contributed by atoms with E-state index in [-0.39, 0.29) is 18.4 Å². The molecule has 1 atom stereocenters. The van der Waals surface area contributed by atoms with Gasteiger partial charge in [-0.15, -0.1) is 0 Å². The second-order valence-electron chi connectivity index (χ2n) is 6.01. The highest BCUT2D eigenvalue weighted by atomic mass is 16.3. The highest BCUT2D eigenvalue weighted by molar-refractivity contribution is 5.80. The average Bonchev–Trinajstić information content (AvgIpc) is 3.21. The number of rotatable bonds is 2. The molecule has 1 spiro atoms. The van der Waals surface area contributed by atoms with E-state index in [9.17, 15) is 4.79 Å². The molecule has 1 aliphatic carbocycles. The molecule has 1 aliphatic heterocycles. The van der Waals surface area contributed by atoms with Crippen molar-refractivity contribution in [1.82, 2.24) is 14.5 Å². The maximum absolute atomic E-state index is 12.5. The molecule has 2 fully saturated rings. The van der Waals surface area contributed by atoms with Crippen molar-refractivity contribution in [2.45, 2.75) is 45.1 Å². The Bertz CT molecular complexity index is 467. The Labute approximate surface area is 124 Å². The number of likely N-dealkylation sites (tertiary alicyclic amines) is 1. The molecule has 0 bridgehead atoms. The third kappa shape index (κ3) is 3.43. The molecule has 1 unspecified atom stereocenters. The Morgan fingerprint density at radius 1 is 1.38 bits per heavy atom. The number of hydrogen-bond acceptors (Lipinski definition) is 3. The molecular formula is C15H23N3O3. The summed E-state index contributed by atoms with van der Waals surface area (Å²) in [4.78, 5) is 26.9. The third-order valence-corrected chi connectivity index (χ3v) is 4.74. The SMILES string of the molecule is CC(C(=O)N1CCC2(CCCC2)C1)n1ccnc1.O=CO. The Balaban J connectivity index is 0.000000497. The molecule has 6 nitrogen and oxygen atoms in total. The van der Waals surface area contributed by atoms with Gasteiger partial charge in [-0.05, 0) is 31.6 Å². The second-order valence-corrected chi connectivity index (χ2v) is 6.01. The molecule has 3 rings (SSSR count). The zero-order chi connectivity index (χ0) is 15.3. The van der Waals surface area contributed by atoms with Crippen LogP contribution in [0.4, 0.5) is 0 Å². The Hall–Kier alpha value is -1.85. The zero-order valence-corrected chi connectivity index (χ0v) is 12.4. The van der Waals surface area contributed by atoms with E-state index in [1.165, 1.54) is 32.1 Å². The van der Waals surface area contributed by atoms with E-state index in [4.69, 9.17) is 9.90 Å². The van der Waals surface area contributed by atoms with Crippen LogP contribution in [0.3, 0.4) is 0 Å². The topological polar surface area (TPSA) is 75.4 Å². The van der Waals surface area contributed by atoms with Crippen LogP contribution in [0.25, 0.3) is 0 Å². The number of imidazole rings is 1. The number of carbonyl (C=O) groups is 2. The van der Waals surface area contributed by atoms with Gasteiger partial charge >= 0.3 is 0 Å². The molecule has 6 heteroatoms. The van der Waals surface area contributed by atoms with E-state index in [1.807, 2.05) is 17.7 Å². The summed E-state index contributed by atoms with van der Waals surface area (Å²) in [6, 6.07) is -0.121. The number of carboxylic acid groups (broad SMARTS) is 1. The summed E-state index contributed by atoms with van der Waals surface area (Å²) in [5, 5.41) is 6.89. The smallest absolute Gasteiger partial charge is 0.290 e. The van der Waals surface area contributed by atoms with Crippen LogP contribution >= 0.6 is 0 Å². The first-order valence-corrected chi connectivity index (χ1v) is 7.46. The number of amides is 1. The lowest BCUT2D eigenvalue weighted by molar-refractivity contribution is -0.133. The van der Waals surface area contributed by atoms with Crippen molar-refractivity contribution in [3.8, 4) is 0 Å². The second kappa shape index (κ2) is 6.74. The van der Waals surface area contributed by atoms with Crippen molar-refractivity contribution in [3.05, 3.63) is 18.7 Å². The van der Waals surface area contributed by atoms with Crippen molar-refractivity contribution >= 4 is 12.4 Å². The van der Waals surface area contributed by atoms with Crippen molar-refractivity contribution in [1.29, 1.82) is 0 Å². The van der Waals surface area contributed by atoms with Gasteiger partial charge in [0.2, 0.25) is 5.91 Å².